The van der Waals surface area contributed by atoms with Crippen molar-refractivity contribution >= 4 is 17.6 Å². The fourth-order valence-electron chi connectivity index (χ4n) is 2.20. The maximum atomic E-state index is 13.0. The van der Waals surface area contributed by atoms with Gasteiger partial charge in [0.1, 0.15) is 12.1 Å². The second-order valence-electron chi connectivity index (χ2n) is 5.20. The maximum Gasteiger partial charge on any atom is 0.342 e. The summed E-state index contributed by atoms with van der Waals surface area (Å²) in [5, 5.41) is 2.61. The number of amides is 1. The van der Waals surface area contributed by atoms with Crippen molar-refractivity contribution in [2.24, 2.45) is 0 Å². The van der Waals surface area contributed by atoms with Gasteiger partial charge >= 0.3 is 5.97 Å². The second-order valence-corrected chi connectivity index (χ2v) is 5.20. The zero-order valence-corrected chi connectivity index (χ0v) is 13.0. The predicted molar refractivity (Wildman–Crippen MR) is 88.3 cm³/mol. The number of hydrogen-bond donors (Lipinski definition) is 1. The first-order valence-electron chi connectivity index (χ1n) is 7.48. The molecule has 3 rings (SSSR count). The highest BCUT2D eigenvalue weighted by atomic mass is 19.1. The third-order valence-corrected chi connectivity index (χ3v) is 3.43. The summed E-state index contributed by atoms with van der Waals surface area (Å²) in [6, 6.07) is 15.4. The smallest absolute Gasteiger partial charge is 0.342 e. The lowest BCUT2D eigenvalue weighted by Gasteiger charge is -2.17. The van der Waals surface area contributed by atoms with Gasteiger partial charge in [-0.2, -0.15) is 0 Å². The molecule has 0 saturated heterocycles. The van der Waals surface area contributed by atoms with E-state index in [0.29, 0.717) is 11.3 Å². The summed E-state index contributed by atoms with van der Waals surface area (Å²) in [5.41, 5.74) is 1.11. The van der Waals surface area contributed by atoms with Gasteiger partial charge in [-0.1, -0.05) is 30.3 Å². The molecule has 0 aliphatic rings. The number of nitrogens with one attached hydrogen (secondary N) is 1. The van der Waals surface area contributed by atoms with E-state index in [1.54, 1.807) is 30.3 Å². The number of rotatable bonds is 5. The molecule has 0 fully saturated rings. The maximum absolute atomic E-state index is 13.0. The summed E-state index contributed by atoms with van der Waals surface area (Å²) in [6.07, 6.45) is 1.42. The van der Waals surface area contributed by atoms with E-state index in [4.69, 9.17) is 9.15 Å². The fraction of sp³-hybridized carbons (Fsp3) is 0.0526. The van der Waals surface area contributed by atoms with Gasteiger partial charge in [0.15, 0.2) is 0 Å². The van der Waals surface area contributed by atoms with Crippen molar-refractivity contribution in [1.82, 2.24) is 0 Å². The molecule has 1 aromatic heterocycles. The van der Waals surface area contributed by atoms with Crippen LogP contribution in [0.5, 0.6) is 0 Å². The van der Waals surface area contributed by atoms with Crippen LogP contribution in [0.4, 0.5) is 10.1 Å². The largest absolute Gasteiger partial charge is 0.472 e. The van der Waals surface area contributed by atoms with Crippen LogP contribution in [0.1, 0.15) is 22.0 Å². The van der Waals surface area contributed by atoms with Gasteiger partial charge in [0.2, 0.25) is 6.10 Å². The van der Waals surface area contributed by atoms with Gasteiger partial charge in [-0.25, -0.2) is 9.18 Å². The zero-order valence-electron chi connectivity index (χ0n) is 13.0. The van der Waals surface area contributed by atoms with Crippen LogP contribution in [0.3, 0.4) is 0 Å². The highest BCUT2D eigenvalue weighted by molar-refractivity contribution is 5.98. The van der Waals surface area contributed by atoms with Gasteiger partial charge in [-0.3, -0.25) is 4.79 Å². The first kappa shape index (κ1) is 16.4. The van der Waals surface area contributed by atoms with E-state index in [-0.39, 0.29) is 5.56 Å². The van der Waals surface area contributed by atoms with Gasteiger partial charge in [0.25, 0.3) is 5.91 Å². The molecule has 0 radical (unpaired) electrons. The van der Waals surface area contributed by atoms with Crippen LogP contribution in [0.2, 0.25) is 0 Å². The molecule has 0 saturated carbocycles. The molecule has 0 aliphatic carbocycles. The average molecular weight is 339 g/mol. The van der Waals surface area contributed by atoms with Gasteiger partial charge < -0.3 is 14.5 Å². The van der Waals surface area contributed by atoms with E-state index >= 15 is 0 Å². The molecule has 0 spiro atoms. The highest BCUT2D eigenvalue weighted by Crippen LogP contribution is 2.22. The van der Waals surface area contributed by atoms with Crippen molar-refractivity contribution in [3.63, 3.8) is 0 Å². The number of furan rings is 1. The fourth-order valence-corrected chi connectivity index (χ4v) is 2.20. The van der Waals surface area contributed by atoms with E-state index in [1.807, 2.05) is 0 Å². The topological polar surface area (TPSA) is 68.5 Å². The molecule has 5 nitrogen and oxygen atoms in total. The molecule has 0 aliphatic heterocycles. The van der Waals surface area contributed by atoms with E-state index in [2.05, 4.69) is 5.32 Å². The average Bonchev–Trinajstić information content (AvgIpc) is 3.17. The van der Waals surface area contributed by atoms with Crippen molar-refractivity contribution in [2.75, 3.05) is 5.32 Å². The Bertz CT molecular complexity index is 845. The molecule has 1 atom stereocenters. The number of carbonyl (C=O) groups is 2. The summed E-state index contributed by atoms with van der Waals surface area (Å²) in [7, 11) is 0. The quantitative estimate of drug-likeness (QED) is 0.715. The third-order valence-electron chi connectivity index (χ3n) is 3.43. The predicted octanol–water partition coefficient (Wildman–Crippen LogP) is 3.96. The van der Waals surface area contributed by atoms with Crippen LogP contribution in [0, 0.1) is 5.82 Å². The third kappa shape index (κ3) is 4.11. The molecule has 6 heteroatoms. The second kappa shape index (κ2) is 7.44. The SMILES string of the molecule is O=C(OC(C(=O)Nc1ccc(F)cc1)c1ccccc1)c1ccoc1. The number of carbonyl (C=O) groups excluding carboxylic acids is 2. The minimum absolute atomic E-state index is 0.204. The molecule has 0 bridgehead atoms. The minimum atomic E-state index is -1.16. The summed E-state index contributed by atoms with van der Waals surface area (Å²) in [5.74, 6) is -1.64. The van der Waals surface area contributed by atoms with Crippen molar-refractivity contribution in [2.45, 2.75) is 6.10 Å². The lowest BCUT2D eigenvalue weighted by molar-refractivity contribution is -0.125. The summed E-state index contributed by atoms with van der Waals surface area (Å²) in [4.78, 5) is 24.8. The van der Waals surface area contributed by atoms with Crippen molar-refractivity contribution in [3.05, 3.63) is 90.1 Å². The van der Waals surface area contributed by atoms with E-state index in [0.717, 1.165) is 0 Å². The number of anilines is 1. The van der Waals surface area contributed by atoms with Crippen LogP contribution in [-0.4, -0.2) is 11.9 Å². The lowest BCUT2D eigenvalue weighted by atomic mass is 10.1. The lowest BCUT2D eigenvalue weighted by Crippen LogP contribution is -2.25. The van der Waals surface area contributed by atoms with Crippen LogP contribution >= 0.6 is 0 Å². The molecular weight excluding hydrogens is 325 g/mol. The summed E-state index contributed by atoms with van der Waals surface area (Å²) >= 11 is 0. The molecule has 1 heterocycles. The molecule has 1 N–H and O–H groups in total. The first-order valence-corrected chi connectivity index (χ1v) is 7.48. The first-order chi connectivity index (χ1) is 12.1. The number of halogens is 1. The standard InChI is InChI=1S/C19H14FNO4/c20-15-6-8-16(9-7-15)21-18(22)17(13-4-2-1-3-5-13)25-19(23)14-10-11-24-12-14/h1-12,17H,(H,21,22). The Labute approximate surface area is 143 Å². The molecule has 25 heavy (non-hydrogen) atoms. The summed E-state index contributed by atoms with van der Waals surface area (Å²) in [6.45, 7) is 0. The van der Waals surface area contributed by atoms with Gasteiger partial charge in [-0.05, 0) is 30.3 Å². The van der Waals surface area contributed by atoms with E-state index < -0.39 is 23.8 Å². The Morgan fingerprint density at radius 1 is 1.00 bits per heavy atom. The minimum Gasteiger partial charge on any atom is -0.472 e. The van der Waals surface area contributed by atoms with E-state index in [1.165, 1.54) is 42.9 Å². The Morgan fingerprint density at radius 2 is 1.72 bits per heavy atom. The van der Waals surface area contributed by atoms with Gasteiger partial charge in [-0.15, -0.1) is 0 Å². The molecule has 1 unspecified atom stereocenters. The molecule has 2 aromatic carbocycles. The number of ether oxygens (including phenoxy) is 1. The van der Waals surface area contributed by atoms with Crippen LogP contribution in [0.15, 0.2) is 77.6 Å². The highest BCUT2D eigenvalue weighted by Gasteiger charge is 2.26. The Balaban J connectivity index is 1.81. The zero-order chi connectivity index (χ0) is 17.6. The number of benzene rings is 2. The molecule has 1 amide bonds. The number of esters is 1. The van der Waals surface area contributed by atoms with Crippen LogP contribution in [-0.2, 0) is 9.53 Å². The molecule has 126 valence electrons. The molecule has 3 aromatic rings. The van der Waals surface area contributed by atoms with Crippen molar-refractivity contribution in [3.8, 4) is 0 Å². The Kier molecular flexibility index (Phi) is 4.89. The summed E-state index contributed by atoms with van der Waals surface area (Å²) < 4.78 is 23.2. The van der Waals surface area contributed by atoms with Crippen LogP contribution < -0.4 is 5.32 Å². The monoisotopic (exact) mass is 339 g/mol. The van der Waals surface area contributed by atoms with Gasteiger partial charge in [0.05, 0.1) is 11.8 Å². The normalized spacial score (nSPS) is 11.6. The van der Waals surface area contributed by atoms with Gasteiger partial charge in [0, 0.05) is 11.3 Å². The van der Waals surface area contributed by atoms with E-state index in [9.17, 15) is 14.0 Å². The number of hydrogen-bond acceptors (Lipinski definition) is 4. The van der Waals surface area contributed by atoms with Crippen LogP contribution in [0.25, 0.3) is 0 Å². The molecular formula is C19H14FNO4. The Morgan fingerprint density at radius 3 is 2.36 bits per heavy atom. The van der Waals surface area contributed by atoms with Crippen molar-refractivity contribution < 1.29 is 23.1 Å². The Hall–Kier alpha value is -3.41. The van der Waals surface area contributed by atoms with Crippen molar-refractivity contribution in [1.29, 1.82) is 0 Å².